The lowest BCUT2D eigenvalue weighted by molar-refractivity contribution is 0.112. The van der Waals surface area contributed by atoms with Crippen LogP contribution >= 0.6 is 0 Å². The van der Waals surface area contributed by atoms with Crippen LogP contribution in [0.1, 0.15) is 10.4 Å². The van der Waals surface area contributed by atoms with Gasteiger partial charge in [0, 0.05) is 16.7 Å². The molecule has 0 aliphatic heterocycles. The first-order chi connectivity index (χ1) is 9.19. The van der Waals surface area contributed by atoms with Crippen LogP contribution in [0.3, 0.4) is 0 Å². The highest BCUT2D eigenvalue weighted by molar-refractivity contribution is 5.81. The molecule has 0 saturated carbocycles. The van der Waals surface area contributed by atoms with Crippen LogP contribution in [0.5, 0.6) is 11.5 Å². The molecule has 4 heteroatoms. The zero-order valence-corrected chi connectivity index (χ0v) is 10.6. The van der Waals surface area contributed by atoms with Gasteiger partial charge in [0.25, 0.3) is 0 Å². The van der Waals surface area contributed by atoms with Crippen LogP contribution in [-0.2, 0) is 0 Å². The standard InChI is InChI=1S/C15H13FO3/c1-18-11-4-6-15(19-2)13(8-11)12-7-10(9-17)3-5-14(12)16/h3-9H,1-2H3. The topological polar surface area (TPSA) is 35.5 Å². The number of ether oxygens (including phenoxy) is 2. The molecule has 2 rings (SSSR count). The van der Waals surface area contributed by atoms with Gasteiger partial charge in [-0.05, 0) is 36.4 Å². The van der Waals surface area contributed by atoms with E-state index < -0.39 is 5.82 Å². The van der Waals surface area contributed by atoms with Crippen LogP contribution in [-0.4, -0.2) is 20.5 Å². The van der Waals surface area contributed by atoms with Crippen molar-refractivity contribution in [1.29, 1.82) is 0 Å². The third kappa shape index (κ3) is 2.57. The predicted octanol–water partition coefficient (Wildman–Crippen LogP) is 3.32. The molecule has 0 heterocycles. The first-order valence-corrected chi connectivity index (χ1v) is 5.66. The number of carbonyl (C=O) groups is 1. The Kier molecular flexibility index (Phi) is 3.80. The Hall–Kier alpha value is -2.36. The third-order valence-corrected chi connectivity index (χ3v) is 2.82. The van der Waals surface area contributed by atoms with Crippen LogP contribution in [0.15, 0.2) is 36.4 Å². The van der Waals surface area contributed by atoms with Crippen molar-refractivity contribution in [3.05, 3.63) is 47.8 Å². The summed E-state index contributed by atoms with van der Waals surface area (Å²) < 4.78 is 24.3. The molecule has 0 radical (unpaired) electrons. The summed E-state index contributed by atoms with van der Waals surface area (Å²) >= 11 is 0. The first-order valence-electron chi connectivity index (χ1n) is 5.66. The molecule has 3 nitrogen and oxygen atoms in total. The maximum atomic E-state index is 13.9. The second-order valence-corrected chi connectivity index (χ2v) is 3.92. The van der Waals surface area contributed by atoms with Gasteiger partial charge >= 0.3 is 0 Å². The lowest BCUT2D eigenvalue weighted by Crippen LogP contribution is -1.93. The van der Waals surface area contributed by atoms with E-state index in [0.29, 0.717) is 34.5 Å². The number of hydrogen-bond acceptors (Lipinski definition) is 3. The van der Waals surface area contributed by atoms with Crippen molar-refractivity contribution in [3.63, 3.8) is 0 Å². The predicted molar refractivity (Wildman–Crippen MR) is 70.3 cm³/mol. The van der Waals surface area contributed by atoms with Crippen LogP contribution in [0.4, 0.5) is 4.39 Å². The largest absolute Gasteiger partial charge is 0.497 e. The number of carbonyl (C=O) groups excluding carboxylic acids is 1. The summed E-state index contributed by atoms with van der Waals surface area (Å²) in [6.07, 6.45) is 0.676. The minimum Gasteiger partial charge on any atom is -0.497 e. The summed E-state index contributed by atoms with van der Waals surface area (Å²) in [6.45, 7) is 0. The molecule has 98 valence electrons. The molecule has 19 heavy (non-hydrogen) atoms. The van der Waals surface area contributed by atoms with Gasteiger partial charge in [-0.25, -0.2) is 4.39 Å². The first kappa shape index (κ1) is 13.1. The van der Waals surface area contributed by atoms with Crippen LogP contribution in [0, 0.1) is 5.82 Å². The van der Waals surface area contributed by atoms with Gasteiger partial charge in [0.2, 0.25) is 0 Å². The fourth-order valence-electron chi connectivity index (χ4n) is 1.85. The molecular formula is C15H13FO3. The van der Waals surface area contributed by atoms with E-state index in [2.05, 4.69) is 0 Å². The molecule has 0 aliphatic rings. The molecule has 0 bridgehead atoms. The molecule has 0 spiro atoms. The van der Waals surface area contributed by atoms with Gasteiger partial charge in [-0.2, -0.15) is 0 Å². The molecule has 2 aromatic carbocycles. The number of benzene rings is 2. The van der Waals surface area contributed by atoms with E-state index in [9.17, 15) is 9.18 Å². The average molecular weight is 260 g/mol. The van der Waals surface area contributed by atoms with Crippen molar-refractivity contribution >= 4 is 6.29 Å². The van der Waals surface area contributed by atoms with Crippen LogP contribution < -0.4 is 9.47 Å². The summed E-state index contributed by atoms with van der Waals surface area (Å²) in [4.78, 5) is 10.8. The minimum absolute atomic E-state index is 0.306. The van der Waals surface area contributed by atoms with Gasteiger partial charge < -0.3 is 9.47 Å². The Labute approximate surface area is 110 Å². The average Bonchev–Trinajstić information content (AvgIpc) is 2.47. The molecule has 0 fully saturated rings. The summed E-state index contributed by atoms with van der Waals surface area (Å²) in [7, 11) is 3.04. The molecular weight excluding hydrogens is 247 g/mol. The van der Waals surface area contributed by atoms with Crippen molar-refractivity contribution in [2.75, 3.05) is 14.2 Å². The number of methoxy groups -OCH3 is 2. The van der Waals surface area contributed by atoms with Crippen molar-refractivity contribution in [2.24, 2.45) is 0 Å². The maximum Gasteiger partial charge on any atom is 0.150 e. The Balaban J connectivity index is 2.65. The van der Waals surface area contributed by atoms with Gasteiger partial charge in [-0.15, -0.1) is 0 Å². The van der Waals surface area contributed by atoms with Crippen LogP contribution in [0.2, 0.25) is 0 Å². The normalized spacial score (nSPS) is 10.1. The third-order valence-electron chi connectivity index (χ3n) is 2.82. The van der Waals surface area contributed by atoms with Crippen molar-refractivity contribution in [2.45, 2.75) is 0 Å². The van der Waals surface area contributed by atoms with E-state index in [1.54, 1.807) is 18.2 Å². The number of rotatable bonds is 4. The number of aldehydes is 1. The van der Waals surface area contributed by atoms with Gasteiger partial charge in [0.1, 0.15) is 23.6 Å². The maximum absolute atomic E-state index is 13.9. The van der Waals surface area contributed by atoms with E-state index in [1.165, 1.54) is 32.4 Å². The fourth-order valence-corrected chi connectivity index (χ4v) is 1.85. The van der Waals surface area contributed by atoms with Crippen molar-refractivity contribution < 1.29 is 18.7 Å². The monoisotopic (exact) mass is 260 g/mol. The van der Waals surface area contributed by atoms with Crippen molar-refractivity contribution in [1.82, 2.24) is 0 Å². The van der Waals surface area contributed by atoms with E-state index >= 15 is 0 Å². The molecule has 0 aromatic heterocycles. The Morgan fingerprint density at radius 2 is 1.79 bits per heavy atom. The van der Waals surface area contributed by atoms with E-state index in [0.717, 1.165) is 0 Å². The fraction of sp³-hybridized carbons (Fsp3) is 0.133. The molecule has 0 unspecified atom stereocenters. The van der Waals surface area contributed by atoms with Crippen LogP contribution in [0.25, 0.3) is 11.1 Å². The molecule has 0 N–H and O–H groups in total. The summed E-state index contributed by atoms with van der Waals surface area (Å²) in [5, 5.41) is 0. The minimum atomic E-state index is -0.419. The lowest BCUT2D eigenvalue weighted by atomic mass is 10.0. The summed E-state index contributed by atoms with van der Waals surface area (Å²) in [5.74, 6) is 0.687. The smallest absolute Gasteiger partial charge is 0.150 e. The highest BCUT2D eigenvalue weighted by Crippen LogP contribution is 2.35. The van der Waals surface area contributed by atoms with E-state index in [1.807, 2.05) is 0 Å². The van der Waals surface area contributed by atoms with E-state index in [4.69, 9.17) is 9.47 Å². The summed E-state index contributed by atoms with van der Waals surface area (Å²) in [6, 6.07) is 9.27. The molecule has 0 amide bonds. The summed E-state index contributed by atoms with van der Waals surface area (Å²) in [5.41, 5.74) is 1.25. The van der Waals surface area contributed by atoms with Crippen molar-refractivity contribution in [3.8, 4) is 22.6 Å². The molecule has 0 saturated heterocycles. The zero-order valence-electron chi connectivity index (χ0n) is 10.6. The van der Waals surface area contributed by atoms with E-state index in [-0.39, 0.29) is 0 Å². The lowest BCUT2D eigenvalue weighted by Gasteiger charge is -2.11. The second kappa shape index (κ2) is 5.52. The Morgan fingerprint density at radius 1 is 1.00 bits per heavy atom. The van der Waals surface area contributed by atoms with Gasteiger partial charge in [-0.3, -0.25) is 4.79 Å². The second-order valence-electron chi connectivity index (χ2n) is 3.92. The van der Waals surface area contributed by atoms with Gasteiger partial charge in [0.05, 0.1) is 14.2 Å². The highest BCUT2D eigenvalue weighted by atomic mass is 19.1. The van der Waals surface area contributed by atoms with Gasteiger partial charge in [-0.1, -0.05) is 0 Å². The molecule has 0 aliphatic carbocycles. The quantitative estimate of drug-likeness (QED) is 0.791. The van der Waals surface area contributed by atoms with Gasteiger partial charge in [0.15, 0.2) is 0 Å². The highest BCUT2D eigenvalue weighted by Gasteiger charge is 2.12. The Bertz CT molecular complexity index is 608. The molecule has 2 aromatic rings. The number of hydrogen-bond donors (Lipinski definition) is 0. The SMILES string of the molecule is COc1ccc(OC)c(-c2cc(C=O)ccc2F)c1. The molecule has 0 atom stereocenters. The Morgan fingerprint density at radius 3 is 2.42 bits per heavy atom. The number of halogens is 1. The zero-order chi connectivity index (χ0) is 13.8.